The molecule has 8 nitrogen and oxygen atoms in total. The molecule has 0 amide bonds. The second-order valence-corrected chi connectivity index (χ2v) is 10.2. The fourth-order valence-corrected chi connectivity index (χ4v) is 5.17. The first-order chi connectivity index (χ1) is 19.5. The van der Waals surface area contributed by atoms with Crippen LogP contribution < -0.4 is 10.9 Å². The van der Waals surface area contributed by atoms with Gasteiger partial charge in [-0.25, -0.2) is 14.4 Å². The Bertz CT molecular complexity index is 1770. The Balaban J connectivity index is 1.46. The maximum absolute atomic E-state index is 14.7. The van der Waals surface area contributed by atoms with E-state index < -0.39 is 5.82 Å². The fourth-order valence-electron chi connectivity index (χ4n) is 4.89. The van der Waals surface area contributed by atoms with E-state index >= 15 is 0 Å². The zero-order valence-corrected chi connectivity index (χ0v) is 22.5. The van der Waals surface area contributed by atoms with Gasteiger partial charge in [0.2, 0.25) is 5.95 Å². The van der Waals surface area contributed by atoms with Gasteiger partial charge in [-0.15, -0.1) is 0 Å². The molecule has 1 aliphatic rings. The molecule has 6 rings (SSSR count). The van der Waals surface area contributed by atoms with Crippen LogP contribution in [0.25, 0.3) is 33.4 Å². The molecule has 5 aromatic rings. The molecule has 3 aromatic heterocycles. The number of anilines is 1. The van der Waals surface area contributed by atoms with Gasteiger partial charge in [0.1, 0.15) is 11.5 Å². The van der Waals surface area contributed by atoms with Crippen molar-refractivity contribution in [2.75, 3.05) is 18.5 Å². The first kappa shape index (κ1) is 26.0. The van der Waals surface area contributed by atoms with Crippen molar-refractivity contribution >= 4 is 28.6 Å². The molecule has 0 atom stereocenters. The number of hydrogen-bond donors (Lipinski definition) is 1. The van der Waals surface area contributed by atoms with Crippen molar-refractivity contribution in [1.29, 1.82) is 0 Å². The molecule has 0 radical (unpaired) electrons. The van der Waals surface area contributed by atoms with E-state index in [9.17, 15) is 9.18 Å². The Labute approximate surface area is 234 Å². The number of hydrogen-bond acceptors (Lipinski definition) is 7. The van der Waals surface area contributed by atoms with Gasteiger partial charge in [-0.2, -0.15) is 4.98 Å². The number of benzene rings is 2. The van der Waals surface area contributed by atoms with E-state index in [1.165, 1.54) is 10.6 Å². The highest BCUT2D eigenvalue weighted by atomic mass is 35.5. The van der Waals surface area contributed by atoms with E-state index in [4.69, 9.17) is 21.3 Å². The number of ether oxygens (including phenoxy) is 1. The minimum absolute atomic E-state index is 0.00183. The van der Waals surface area contributed by atoms with Crippen molar-refractivity contribution in [3.05, 3.63) is 99.6 Å². The quantitative estimate of drug-likeness (QED) is 0.288. The lowest BCUT2D eigenvalue weighted by Crippen LogP contribution is -2.29. The standard InChI is InChI=1S/C30H26ClFN6O2/c1-18-14-33-16-27(35-18)19-6-7-23(25(31)13-19)24-12-21-15-34-30(36-22-8-10-40-11-9-22)37-28(21)38(29(24)39)17-20-4-2-3-5-26(20)32/h2-7,12-16,22H,8-11,17H2,1H3,(H,34,36,37). The van der Waals surface area contributed by atoms with Crippen LogP contribution in [0.5, 0.6) is 0 Å². The van der Waals surface area contributed by atoms with Crippen molar-refractivity contribution in [3.8, 4) is 22.4 Å². The predicted molar refractivity (Wildman–Crippen MR) is 153 cm³/mol. The molecule has 1 aliphatic heterocycles. The second-order valence-electron chi connectivity index (χ2n) is 9.78. The summed E-state index contributed by atoms with van der Waals surface area (Å²) in [6.45, 7) is 3.20. The zero-order chi connectivity index (χ0) is 27.6. The third-order valence-electron chi connectivity index (χ3n) is 6.98. The Kier molecular flexibility index (Phi) is 7.23. The maximum atomic E-state index is 14.7. The molecule has 0 spiro atoms. The van der Waals surface area contributed by atoms with Gasteiger partial charge in [-0.1, -0.05) is 41.9 Å². The topological polar surface area (TPSA) is 94.8 Å². The lowest BCUT2D eigenvalue weighted by Gasteiger charge is -2.23. The molecule has 0 saturated carbocycles. The number of aromatic nitrogens is 5. The van der Waals surface area contributed by atoms with Crippen molar-refractivity contribution in [2.24, 2.45) is 0 Å². The highest BCUT2D eigenvalue weighted by molar-refractivity contribution is 6.33. The minimum atomic E-state index is -0.399. The Morgan fingerprint density at radius 3 is 2.65 bits per heavy atom. The van der Waals surface area contributed by atoms with Gasteiger partial charge >= 0.3 is 0 Å². The number of rotatable bonds is 6. The van der Waals surface area contributed by atoms with Crippen molar-refractivity contribution < 1.29 is 9.13 Å². The SMILES string of the molecule is Cc1cncc(-c2ccc(-c3cc4cnc(NC5CCOCC5)nc4n(Cc4ccccc4F)c3=O)c(Cl)c2)n1. The minimum Gasteiger partial charge on any atom is -0.381 e. The molecule has 2 aromatic carbocycles. The van der Waals surface area contributed by atoms with Crippen LogP contribution in [-0.4, -0.2) is 43.8 Å². The largest absolute Gasteiger partial charge is 0.381 e. The smallest absolute Gasteiger partial charge is 0.260 e. The van der Waals surface area contributed by atoms with E-state index in [2.05, 4.69) is 20.3 Å². The summed E-state index contributed by atoms with van der Waals surface area (Å²) in [4.78, 5) is 32.0. The molecule has 0 aliphatic carbocycles. The summed E-state index contributed by atoms with van der Waals surface area (Å²) in [7, 11) is 0. The van der Waals surface area contributed by atoms with Crippen LogP contribution in [0.2, 0.25) is 5.02 Å². The van der Waals surface area contributed by atoms with E-state index in [-0.39, 0.29) is 18.1 Å². The van der Waals surface area contributed by atoms with Gasteiger partial charge in [0.15, 0.2) is 0 Å². The molecule has 202 valence electrons. The molecular formula is C30H26ClFN6O2. The van der Waals surface area contributed by atoms with Gasteiger partial charge in [0.05, 0.1) is 24.1 Å². The average molecular weight is 557 g/mol. The number of fused-ring (bicyclic) bond motifs is 1. The molecule has 0 unspecified atom stereocenters. The maximum Gasteiger partial charge on any atom is 0.260 e. The number of nitrogens with one attached hydrogen (secondary N) is 1. The number of aryl methyl sites for hydroxylation is 1. The second kappa shape index (κ2) is 11.1. The molecule has 40 heavy (non-hydrogen) atoms. The number of halogens is 2. The molecular weight excluding hydrogens is 531 g/mol. The van der Waals surface area contributed by atoms with Gasteiger partial charge in [-0.3, -0.25) is 14.3 Å². The molecule has 1 fully saturated rings. The van der Waals surface area contributed by atoms with E-state index in [0.717, 1.165) is 24.1 Å². The molecule has 10 heteroatoms. The first-order valence-corrected chi connectivity index (χ1v) is 13.4. The Morgan fingerprint density at radius 2 is 1.88 bits per heavy atom. The highest BCUT2D eigenvalue weighted by Crippen LogP contribution is 2.32. The van der Waals surface area contributed by atoms with Crippen LogP contribution in [0.3, 0.4) is 0 Å². The summed E-state index contributed by atoms with van der Waals surface area (Å²) in [6, 6.07) is 13.7. The monoisotopic (exact) mass is 556 g/mol. The van der Waals surface area contributed by atoms with E-state index in [0.29, 0.717) is 57.6 Å². The van der Waals surface area contributed by atoms with Crippen LogP contribution in [0.1, 0.15) is 24.1 Å². The van der Waals surface area contributed by atoms with E-state index in [1.54, 1.807) is 55.0 Å². The Morgan fingerprint density at radius 1 is 1.05 bits per heavy atom. The van der Waals surface area contributed by atoms with Crippen LogP contribution in [0.15, 0.2) is 71.9 Å². The van der Waals surface area contributed by atoms with E-state index in [1.807, 2.05) is 13.0 Å². The van der Waals surface area contributed by atoms with Gasteiger partial charge in [0, 0.05) is 64.3 Å². The molecule has 1 saturated heterocycles. The zero-order valence-electron chi connectivity index (χ0n) is 21.8. The van der Waals surface area contributed by atoms with Crippen LogP contribution in [0.4, 0.5) is 10.3 Å². The summed E-state index contributed by atoms with van der Waals surface area (Å²) in [5, 5.41) is 4.37. The summed E-state index contributed by atoms with van der Waals surface area (Å²) < 4.78 is 21.6. The lowest BCUT2D eigenvalue weighted by molar-refractivity contribution is 0.0903. The number of pyridine rings is 1. The molecule has 1 N–H and O–H groups in total. The fraction of sp³-hybridized carbons (Fsp3) is 0.233. The summed E-state index contributed by atoms with van der Waals surface area (Å²) in [6.07, 6.45) is 6.70. The van der Waals surface area contributed by atoms with Gasteiger partial charge in [-0.05, 0) is 38.0 Å². The summed E-state index contributed by atoms with van der Waals surface area (Å²) >= 11 is 6.74. The van der Waals surface area contributed by atoms with Gasteiger partial charge in [0.25, 0.3) is 5.56 Å². The highest BCUT2D eigenvalue weighted by Gasteiger charge is 2.19. The summed E-state index contributed by atoms with van der Waals surface area (Å²) in [5.41, 5.74) is 3.61. The van der Waals surface area contributed by atoms with Crippen LogP contribution in [0, 0.1) is 12.7 Å². The Hall–Kier alpha value is -4.21. The third kappa shape index (κ3) is 5.30. The van der Waals surface area contributed by atoms with Crippen molar-refractivity contribution in [3.63, 3.8) is 0 Å². The number of nitrogens with zero attached hydrogens (tertiary/aromatic N) is 5. The molecule has 4 heterocycles. The normalized spacial score (nSPS) is 14.0. The summed E-state index contributed by atoms with van der Waals surface area (Å²) in [5.74, 6) is 0.0136. The van der Waals surface area contributed by atoms with Crippen molar-refractivity contribution in [2.45, 2.75) is 32.4 Å². The predicted octanol–water partition coefficient (Wildman–Crippen LogP) is 5.66. The van der Waals surface area contributed by atoms with Crippen LogP contribution >= 0.6 is 11.6 Å². The molecule has 0 bridgehead atoms. The van der Waals surface area contributed by atoms with Crippen LogP contribution in [-0.2, 0) is 11.3 Å². The average Bonchev–Trinajstić information content (AvgIpc) is 2.96. The van der Waals surface area contributed by atoms with Crippen molar-refractivity contribution in [1.82, 2.24) is 24.5 Å². The first-order valence-electron chi connectivity index (χ1n) is 13.0. The van der Waals surface area contributed by atoms with Gasteiger partial charge < -0.3 is 10.1 Å². The third-order valence-corrected chi connectivity index (χ3v) is 7.29. The lowest BCUT2D eigenvalue weighted by atomic mass is 10.0.